The van der Waals surface area contributed by atoms with Crippen molar-refractivity contribution in [3.63, 3.8) is 0 Å². The molecule has 5 heteroatoms. The predicted octanol–water partition coefficient (Wildman–Crippen LogP) is 4.36. The molecule has 0 bridgehead atoms. The quantitative estimate of drug-likeness (QED) is 0.778. The van der Waals surface area contributed by atoms with Crippen molar-refractivity contribution in [3.05, 3.63) is 30.1 Å². The van der Waals surface area contributed by atoms with Gasteiger partial charge in [0.05, 0.1) is 11.0 Å². The van der Waals surface area contributed by atoms with Crippen LogP contribution in [0.2, 0.25) is 0 Å². The van der Waals surface area contributed by atoms with Crippen molar-refractivity contribution in [2.45, 2.75) is 64.3 Å². The van der Waals surface area contributed by atoms with Gasteiger partial charge in [0.2, 0.25) is 5.65 Å². The summed E-state index contributed by atoms with van der Waals surface area (Å²) >= 11 is 0. The second-order valence-electron chi connectivity index (χ2n) is 6.76. The summed E-state index contributed by atoms with van der Waals surface area (Å²) in [5.41, 5.74) is 2.93. The van der Waals surface area contributed by atoms with Gasteiger partial charge in [0.1, 0.15) is 5.82 Å². The number of para-hydroxylation sites is 2. The molecule has 0 amide bonds. The second-order valence-corrected chi connectivity index (χ2v) is 6.76. The van der Waals surface area contributed by atoms with Crippen LogP contribution in [0.5, 0.6) is 0 Å². The van der Waals surface area contributed by atoms with Crippen LogP contribution in [-0.4, -0.2) is 25.6 Å². The zero-order chi connectivity index (χ0) is 16.4. The first-order valence-corrected chi connectivity index (χ1v) is 9.26. The molecule has 126 valence electrons. The predicted molar refractivity (Wildman–Crippen MR) is 97.4 cm³/mol. The molecule has 0 atom stereocenters. The van der Waals surface area contributed by atoms with Crippen molar-refractivity contribution < 1.29 is 0 Å². The highest BCUT2D eigenvalue weighted by molar-refractivity contribution is 5.82. The Hall–Kier alpha value is -2.17. The smallest absolute Gasteiger partial charge is 0.204 e. The first kappa shape index (κ1) is 15.4. The summed E-state index contributed by atoms with van der Waals surface area (Å²) in [6.07, 6.45) is 9.98. The Morgan fingerprint density at radius 1 is 1.04 bits per heavy atom. The summed E-state index contributed by atoms with van der Waals surface area (Å²) in [7, 11) is 0. The zero-order valence-electron chi connectivity index (χ0n) is 14.3. The Bertz CT molecular complexity index is 830. The molecule has 24 heavy (non-hydrogen) atoms. The van der Waals surface area contributed by atoms with Crippen LogP contribution < -0.4 is 5.32 Å². The van der Waals surface area contributed by atoms with Crippen molar-refractivity contribution in [2.75, 3.05) is 5.32 Å². The van der Waals surface area contributed by atoms with Crippen molar-refractivity contribution in [3.8, 4) is 0 Å². The lowest BCUT2D eigenvalue weighted by Crippen LogP contribution is -2.22. The van der Waals surface area contributed by atoms with Crippen LogP contribution in [0, 0.1) is 0 Å². The molecule has 0 saturated heterocycles. The lowest BCUT2D eigenvalue weighted by atomic mass is 9.97. The van der Waals surface area contributed by atoms with E-state index in [4.69, 9.17) is 4.98 Å². The van der Waals surface area contributed by atoms with Crippen molar-refractivity contribution >= 4 is 22.5 Å². The average molecular weight is 323 g/mol. The summed E-state index contributed by atoms with van der Waals surface area (Å²) in [4.78, 5) is 4.86. The standard InChI is InChI=1S/C19H25N5/c1-2-17-22-23-19-18(20-14-10-6-4-3-5-7-11-14)21-15-12-8-9-13-16(15)24(17)19/h8-9,12-14H,2-7,10-11H2,1H3,(H,20,21). The van der Waals surface area contributed by atoms with Gasteiger partial charge < -0.3 is 5.32 Å². The third kappa shape index (κ3) is 2.83. The van der Waals surface area contributed by atoms with Crippen molar-refractivity contribution in [1.29, 1.82) is 0 Å². The number of hydrogen-bond donors (Lipinski definition) is 1. The van der Waals surface area contributed by atoms with Crippen molar-refractivity contribution in [1.82, 2.24) is 19.6 Å². The summed E-state index contributed by atoms with van der Waals surface area (Å²) in [6.45, 7) is 2.12. The molecule has 0 unspecified atom stereocenters. The maximum atomic E-state index is 4.86. The normalized spacial score (nSPS) is 17.0. The van der Waals surface area contributed by atoms with E-state index in [2.05, 4.69) is 39.0 Å². The highest BCUT2D eigenvalue weighted by Gasteiger charge is 2.17. The molecule has 0 radical (unpaired) electrons. The maximum Gasteiger partial charge on any atom is 0.204 e. The van der Waals surface area contributed by atoms with E-state index in [1.165, 1.54) is 44.9 Å². The molecule has 3 aromatic rings. The van der Waals surface area contributed by atoms with Gasteiger partial charge in [0.25, 0.3) is 0 Å². The largest absolute Gasteiger partial charge is 0.364 e. The fourth-order valence-electron chi connectivity index (χ4n) is 3.76. The highest BCUT2D eigenvalue weighted by Crippen LogP contribution is 2.25. The molecule has 1 saturated carbocycles. The summed E-state index contributed by atoms with van der Waals surface area (Å²) in [6, 6.07) is 8.74. The van der Waals surface area contributed by atoms with Gasteiger partial charge >= 0.3 is 0 Å². The van der Waals surface area contributed by atoms with E-state index in [1.54, 1.807) is 0 Å². The van der Waals surface area contributed by atoms with E-state index in [0.717, 1.165) is 34.7 Å². The molecule has 1 fully saturated rings. The lowest BCUT2D eigenvalue weighted by molar-refractivity contribution is 0.471. The lowest BCUT2D eigenvalue weighted by Gasteiger charge is -2.22. The maximum absolute atomic E-state index is 4.86. The van der Waals surface area contributed by atoms with Gasteiger partial charge in [-0.25, -0.2) is 4.98 Å². The first-order valence-electron chi connectivity index (χ1n) is 9.26. The monoisotopic (exact) mass is 323 g/mol. The topological polar surface area (TPSA) is 55.1 Å². The van der Waals surface area contributed by atoms with Crippen LogP contribution in [0.3, 0.4) is 0 Å². The summed E-state index contributed by atoms with van der Waals surface area (Å²) < 4.78 is 2.16. The molecule has 1 aliphatic carbocycles. The number of nitrogens with zero attached hydrogens (tertiary/aromatic N) is 4. The van der Waals surface area contributed by atoms with E-state index in [1.807, 2.05) is 12.1 Å². The Morgan fingerprint density at radius 3 is 2.58 bits per heavy atom. The average Bonchev–Trinajstić information content (AvgIpc) is 3.02. The van der Waals surface area contributed by atoms with Gasteiger partial charge in [-0.2, -0.15) is 0 Å². The summed E-state index contributed by atoms with van der Waals surface area (Å²) in [5, 5.41) is 12.5. The Morgan fingerprint density at radius 2 is 1.79 bits per heavy atom. The molecule has 4 rings (SSSR count). The first-order chi connectivity index (χ1) is 11.9. The number of benzene rings is 1. The van der Waals surface area contributed by atoms with Crippen LogP contribution in [0.4, 0.5) is 5.82 Å². The fourth-order valence-corrected chi connectivity index (χ4v) is 3.76. The molecule has 5 nitrogen and oxygen atoms in total. The molecule has 1 N–H and O–H groups in total. The Kier molecular flexibility index (Phi) is 4.32. The third-order valence-electron chi connectivity index (χ3n) is 5.06. The van der Waals surface area contributed by atoms with Gasteiger partial charge in [0.15, 0.2) is 5.82 Å². The van der Waals surface area contributed by atoms with Crippen molar-refractivity contribution in [2.24, 2.45) is 0 Å². The molecule has 1 aliphatic rings. The number of nitrogens with one attached hydrogen (secondary N) is 1. The minimum Gasteiger partial charge on any atom is -0.364 e. The number of rotatable bonds is 3. The van der Waals surface area contributed by atoms with Gasteiger partial charge in [0, 0.05) is 12.5 Å². The van der Waals surface area contributed by atoms with Gasteiger partial charge in [-0.05, 0) is 25.0 Å². The summed E-state index contributed by atoms with van der Waals surface area (Å²) in [5.74, 6) is 1.87. The van der Waals surface area contributed by atoms with E-state index >= 15 is 0 Å². The Balaban J connectivity index is 1.77. The number of aryl methyl sites for hydroxylation is 1. The molecular weight excluding hydrogens is 298 g/mol. The SMILES string of the molecule is CCc1nnc2c(NC3CCCCCCC3)nc3ccccc3n12. The third-order valence-corrected chi connectivity index (χ3v) is 5.06. The van der Waals surface area contributed by atoms with E-state index in [9.17, 15) is 0 Å². The minimum atomic E-state index is 0.490. The minimum absolute atomic E-state index is 0.490. The molecule has 2 heterocycles. The van der Waals surface area contributed by atoms with E-state index in [-0.39, 0.29) is 0 Å². The van der Waals surface area contributed by atoms with Crippen LogP contribution in [0.15, 0.2) is 24.3 Å². The molecular formula is C19H25N5. The Labute approximate surface area is 142 Å². The van der Waals surface area contributed by atoms with Crippen LogP contribution in [0.1, 0.15) is 57.7 Å². The number of aromatic nitrogens is 4. The highest BCUT2D eigenvalue weighted by atomic mass is 15.3. The molecule has 0 spiro atoms. The van der Waals surface area contributed by atoms with Gasteiger partial charge in [-0.3, -0.25) is 4.40 Å². The second kappa shape index (κ2) is 6.75. The number of hydrogen-bond acceptors (Lipinski definition) is 4. The van der Waals surface area contributed by atoms with Gasteiger partial charge in [-0.1, -0.05) is 51.2 Å². The van der Waals surface area contributed by atoms with Crippen LogP contribution in [-0.2, 0) is 6.42 Å². The molecule has 2 aromatic heterocycles. The van der Waals surface area contributed by atoms with E-state index in [0.29, 0.717) is 6.04 Å². The number of fused-ring (bicyclic) bond motifs is 3. The van der Waals surface area contributed by atoms with Crippen LogP contribution in [0.25, 0.3) is 16.7 Å². The number of anilines is 1. The zero-order valence-corrected chi connectivity index (χ0v) is 14.3. The van der Waals surface area contributed by atoms with Gasteiger partial charge in [-0.15, -0.1) is 10.2 Å². The van der Waals surface area contributed by atoms with E-state index < -0.39 is 0 Å². The molecule has 0 aliphatic heterocycles. The molecule has 1 aromatic carbocycles. The fraction of sp³-hybridized carbons (Fsp3) is 0.526. The van der Waals surface area contributed by atoms with Crippen LogP contribution >= 0.6 is 0 Å².